The van der Waals surface area contributed by atoms with Crippen LogP contribution in [0.25, 0.3) is 0 Å². The highest BCUT2D eigenvalue weighted by atomic mass is 28.4. The fraction of sp³-hybridized carbons (Fsp3) is 0.818. The lowest BCUT2D eigenvalue weighted by atomic mass is 9.99. The summed E-state index contributed by atoms with van der Waals surface area (Å²) in [6, 6.07) is 1.01. The Kier molecular flexibility index (Phi) is 16.1. The van der Waals surface area contributed by atoms with E-state index in [-0.39, 0.29) is 22.0 Å². The van der Waals surface area contributed by atoms with Crippen molar-refractivity contribution in [2.24, 2.45) is 17.8 Å². The first-order chi connectivity index (χ1) is 17.5. The van der Waals surface area contributed by atoms with E-state index in [1.807, 2.05) is 0 Å². The van der Waals surface area contributed by atoms with Gasteiger partial charge in [0, 0.05) is 11.6 Å². The molecule has 0 aliphatic rings. The molecule has 6 heteroatoms. The normalized spacial score (nSPS) is 16.4. The first kappa shape index (κ1) is 40.0. The highest BCUT2D eigenvalue weighted by Gasteiger charge is 2.59. The molecule has 0 heterocycles. The molecule has 0 aromatic heterocycles. The molecule has 0 aromatic rings. The molecule has 3 atom stereocenters. The minimum Gasteiger partial charge on any atom is -0.515 e. The van der Waals surface area contributed by atoms with Crippen LogP contribution in [0.15, 0.2) is 24.8 Å². The lowest BCUT2D eigenvalue weighted by Crippen LogP contribution is -2.57. The molecule has 0 spiro atoms. The van der Waals surface area contributed by atoms with Gasteiger partial charge < -0.3 is 8.85 Å². The number of carbonyl (C=O) groups excluding carboxylic acids is 2. The topological polar surface area (TPSA) is 52.6 Å². The molecule has 0 N–H and O–H groups in total. The molecule has 0 rings (SSSR count). The minimum absolute atomic E-state index is 0.0295. The Morgan fingerprint density at radius 1 is 0.795 bits per heavy atom. The van der Waals surface area contributed by atoms with Crippen LogP contribution in [-0.2, 0) is 18.4 Å². The SMILES string of the molecule is C=C(C)C(=O)O[Si](C(C)C)(C(C)CC)C(C)(C)C(C)C.C=CC(=O)O[Si](CC(C)C)(C(C)C)C(C)(C)C(C)C. The standard InChI is InChI=1S/C17H34O2Si.C16H32O2Si/c1-11-15(8)20(14(6)7,17(9,10)13(4)5)19-16(18)12(2)3;1-10-15(17)18-19(14(6)7,11-12(2)3)16(8,9)13(4)5/h13-15H,2,11H2,1,3-10H3;10,12-14H,1,11H2,2-9H3. The Labute approximate surface area is 246 Å². The zero-order valence-corrected chi connectivity index (χ0v) is 31.0. The van der Waals surface area contributed by atoms with Gasteiger partial charge in [-0.25, -0.2) is 9.59 Å². The Bertz CT molecular complexity index is 811. The summed E-state index contributed by atoms with van der Waals surface area (Å²) in [7, 11) is -4.53. The second-order valence-electron chi connectivity index (χ2n) is 14.4. The van der Waals surface area contributed by atoms with Crippen molar-refractivity contribution in [3.8, 4) is 0 Å². The maximum Gasteiger partial charge on any atom is 0.319 e. The quantitative estimate of drug-likeness (QED) is 0.151. The van der Waals surface area contributed by atoms with Crippen molar-refractivity contribution in [3.63, 3.8) is 0 Å². The van der Waals surface area contributed by atoms with Gasteiger partial charge in [-0.3, -0.25) is 0 Å². The van der Waals surface area contributed by atoms with E-state index < -0.39 is 16.6 Å². The van der Waals surface area contributed by atoms with Gasteiger partial charge >= 0.3 is 11.9 Å². The van der Waals surface area contributed by atoms with E-state index in [2.05, 4.69) is 124 Å². The Balaban J connectivity index is 0. The summed E-state index contributed by atoms with van der Waals surface area (Å²) in [6.07, 6.45) is 2.35. The van der Waals surface area contributed by atoms with Gasteiger partial charge in [0.1, 0.15) is 0 Å². The van der Waals surface area contributed by atoms with E-state index in [4.69, 9.17) is 8.85 Å². The van der Waals surface area contributed by atoms with Gasteiger partial charge in [-0.05, 0) is 57.4 Å². The van der Waals surface area contributed by atoms with Crippen LogP contribution in [0, 0.1) is 17.8 Å². The van der Waals surface area contributed by atoms with Crippen LogP contribution in [0.3, 0.4) is 0 Å². The second-order valence-corrected chi connectivity index (χ2v) is 24.5. The third kappa shape index (κ3) is 9.17. The van der Waals surface area contributed by atoms with Gasteiger partial charge in [0.15, 0.2) is 0 Å². The van der Waals surface area contributed by atoms with Crippen LogP contribution in [0.1, 0.15) is 124 Å². The third-order valence-electron chi connectivity index (χ3n) is 9.89. The molecule has 0 bridgehead atoms. The molecule has 0 aliphatic heterocycles. The van der Waals surface area contributed by atoms with Crippen molar-refractivity contribution >= 4 is 28.6 Å². The Hall–Kier alpha value is -1.15. The highest BCUT2D eigenvalue weighted by Crippen LogP contribution is 2.56. The van der Waals surface area contributed by atoms with Gasteiger partial charge in [0.25, 0.3) is 16.6 Å². The molecule has 0 saturated heterocycles. The van der Waals surface area contributed by atoms with Crippen LogP contribution in [0.4, 0.5) is 0 Å². The molecule has 3 unspecified atom stereocenters. The minimum atomic E-state index is -2.30. The largest absolute Gasteiger partial charge is 0.515 e. The van der Waals surface area contributed by atoms with Crippen LogP contribution in [0.2, 0.25) is 32.7 Å². The van der Waals surface area contributed by atoms with Crippen LogP contribution < -0.4 is 0 Å². The molecular formula is C33H66O4Si2. The van der Waals surface area contributed by atoms with E-state index >= 15 is 0 Å². The fourth-order valence-electron chi connectivity index (χ4n) is 6.14. The highest BCUT2D eigenvalue weighted by molar-refractivity contribution is 6.81. The van der Waals surface area contributed by atoms with E-state index in [0.717, 1.165) is 12.5 Å². The van der Waals surface area contributed by atoms with Crippen molar-refractivity contribution in [1.82, 2.24) is 0 Å². The Morgan fingerprint density at radius 3 is 1.49 bits per heavy atom. The summed E-state index contributed by atoms with van der Waals surface area (Å²) in [6.45, 7) is 44.8. The van der Waals surface area contributed by atoms with E-state index in [1.165, 1.54) is 6.08 Å². The second kappa shape index (κ2) is 15.7. The summed E-state index contributed by atoms with van der Waals surface area (Å²) < 4.78 is 12.3. The van der Waals surface area contributed by atoms with Crippen LogP contribution >= 0.6 is 0 Å². The van der Waals surface area contributed by atoms with E-state index in [0.29, 0.717) is 40.0 Å². The average molecular weight is 583 g/mol. The first-order valence-electron chi connectivity index (χ1n) is 15.2. The third-order valence-corrected chi connectivity index (χ3v) is 23.2. The lowest BCUT2D eigenvalue weighted by Gasteiger charge is -2.51. The predicted octanol–water partition coefficient (Wildman–Crippen LogP) is 10.9. The van der Waals surface area contributed by atoms with E-state index in [9.17, 15) is 9.59 Å². The number of hydrogen-bond donors (Lipinski definition) is 0. The van der Waals surface area contributed by atoms with Gasteiger partial charge in [-0.2, -0.15) is 0 Å². The number of carbonyl (C=O) groups is 2. The number of hydrogen-bond acceptors (Lipinski definition) is 4. The van der Waals surface area contributed by atoms with Crippen LogP contribution in [-0.4, -0.2) is 28.6 Å². The van der Waals surface area contributed by atoms with Crippen molar-refractivity contribution in [3.05, 3.63) is 24.8 Å². The molecule has 230 valence electrons. The molecule has 0 aromatic carbocycles. The summed E-state index contributed by atoms with van der Waals surface area (Å²) in [5.41, 5.74) is 1.72. The predicted molar refractivity (Wildman–Crippen MR) is 176 cm³/mol. The maximum atomic E-state index is 12.3. The maximum absolute atomic E-state index is 12.3. The average Bonchev–Trinajstić information content (AvgIpc) is 2.80. The summed E-state index contributed by atoms with van der Waals surface area (Å²) in [5.74, 6) is 1.03. The molecule has 0 radical (unpaired) electrons. The smallest absolute Gasteiger partial charge is 0.319 e. The van der Waals surface area contributed by atoms with Crippen molar-refractivity contribution in [2.45, 2.75) is 157 Å². The zero-order chi connectivity index (χ0) is 31.7. The fourth-order valence-corrected chi connectivity index (χ4v) is 18.4. The van der Waals surface area contributed by atoms with E-state index in [1.54, 1.807) is 6.92 Å². The van der Waals surface area contributed by atoms with Gasteiger partial charge in [-0.15, -0.1) is 0 Å². The monoisotopic (exact) mass is 582 g/mol. The molecule has 0 amide bonds. The first-order valence-corrected chi connectivity index (χ1v) is 19.5. The van der Waals surface area contributed by atoms with Crippen LogP contribution in [0.5, 0.6) is 0 Å². The molecule has 0 aliphatic carbocycles. The van der Waals surface area contributed by atoms with Gasteiger partial charge in [0.05, 0.1) is 0 Å². The molecular weight excluding hydrogens is 517 g/mol. The molecule has 39 heavy (non-hydrogen) atoms. The molecule has 4 nitrogen and oxygen atoms in total. The summed E-state index contributed by atoms with van der Waals surface area (Å²) in [4.78, 5) is 24.1. The Morgan fingerprint density at radius 2 is 1.23 bits per heavy atom. The van der Waals surface area contributed by atoms with Gasteiger partial charge in [-0.1, -0.05) is 130 Å². The summed E-state index contributed by atoms with van der Waals surface area (Å²) in [5, 5.41) is 0.0752. The van der Waals surface area contributed by atoms with Crippen molar-refractivity contribution < 1.29 is 18.4 Å². The molecule has 0 saturated carbocycles. The van der Waals surface area contributed by atoms with Gasteiger partial charge in [0.2, 0.25) is 0 Å². The lowest BCUT2D eigenvalue weighted by molar-refractivity contribution is -0.132. The molecule has 0 fully saturated rings. The zero-order valence-electron chi connectivity index (χ0n) is 29.0. The van der Waals surface area contributed by atoms with Crippen molar-refractivity contribution in [2.75, 3.05) is 0 Å². The van der Waals surface area contributed by atoms with Crippen molar-refractivity contribution in [1.29, 1.82) is 0 Å². The number of rotatable bonds is 14. The summed E-state index contributed by atoms with van der Waals surface area (Å²) >= 11 is 0.